The van der Waals surface area contributed by atoms with Crippen molar-refractivity contribution in [2.45, 2.75) is 58.3 Å². The number of hydrogen-bond donors (Lipinski definition) is 0. The van der Waals surface area contributed by atoms with Gasteiger partial charge >= 0.3 is 0 Å². The van der Waals surface area contributed by atoms with Crippen molar-refractivity contribution < 1.29 is 0 Å². The summed E-state index contributed by atoms with van der Waals surface area (Å²) in [6.45, 7) is 2.23. The fraction of sp³-hybridized carbons (Fsp3) is 0.714. The Kier molecular flexibility index (Phi) is 13.2. The van der Waals surface area contributed by atoms with Gasteiger partial charge in [0.2, 0.25) is 0 Å². The maximum absolute atomic E-state index is 3.40. The Morgan fingerprint density at radius 1 is 0.800 bits per heavy atom. The van der Waals surface area contributed by atoms with Crippen LogP contribution in [0.4, 0.5) is 0 Å². The summed E-state index contributed by atoms with van der Waals surface area (Å²) in [6, 6.07) is 0. The largest absolute Gasteiger partial charge is 0.0928 e. The molecule has 0 aliphatic carbocycles. The lowest BCUT2D eigenvalue weighted by atomic mass is 10.2. The predicted molar refractivity (Wildman–Crippen MR) is 72.0 cm³/mol. The molecule has 0 unspecified atom stereocenters. The smallest absolute Gasteiger partial charge is 0.00992 e. The molecule has 0 radical (unpaired) electrons. The van der Waals surface area contributed by atoms with Crippen molar-refractivity contribution in [1.82, 2.24) is 0 Å². The van der Waals surface area contributed by atoms with Crippen molar-refractivity contribution in [3.63, 3.8) is 0 Å². The second-order valence-corrected chi connectivity index (χ2v) is 4.35. The highest BCUT2D eigenvalue weighted by atomic mass is 79.9. The molecule has 0 bridgehead atoms. The monoisotopic (exact) mass is 268 g/mol. The fourth-order valence-electron chi connectivity index (χ4n) is 1.16. The van der Waals surface area contributed by atoms with Gasteiger partial charge in [0, 0.05) is 18.2 Å². The van der Waals surface area contributed by atoms with E-state index in [-0.39, 0.29) is 0 Å². The van der Waals surface area contributed by atoms with Crippen LogP contribution in [0.5, 0.6) is 0 Å². The quantitative estimate of drug-likeness (QED) is 0.362. The number of alkyl halides is 1. The van der Waals surface area contributed by atoms with Crippen molar-refractivity contribution in [2.24, 2.45) is 0 Å². The first-order chi connectivity index (χ1) is 7.41. The topological polar surface area (TPSA) is 0 Å². The summed E-state index contributed by atoms with van der Waals surface area (Å²) in [5.74, 6) is 12.0. The maximum Gasteiger partial charge on any atom is 0.00992 e. The summed E-state index contributed by atoms with van der Waals surface area (Å²) in [7, 11) is 0. The molecule has 0 fully saturated rings. The van der Waals surface area contributed by atoms with E-state index in [1.165, 1.54) is 38.5 Å². The highest BCUT2D eigenvalue weighted by Gasteiger charge is 1.83. The normalized spacial score (nSPS) is 8.67. The van der Waals surface area contributed by atoms with Crippen LogP contribution in [0, 0.1) is 23.7 Å². The van der Waals surface area contributed by atoms with Gasteiger partial charge in [-0.05, 0) is 31.1 Å². The first-order valence-corrected chi connectivity index (χ1v) is 7.05. The lowest BCUT2D eigenvalue weighted by molar-refractivity contribution is 0.680. The molecule has 0 nitrogen and oxygen atoms in total. The van der Waals surface area contributed by atoms with Gasteiger partial charge in [-0.3, -0.25) is 0 Å². The molecule has 1 heteroatoms. The molecule has 0 amide bonds. The number of hydrogen-bond acceptors (Lipinski definition) is 0. The van der Waals surface area contributed by atoms with E-state index in [0.717, 1.165) is 18.2 Å². The lowest BCUT2D eigenvalue weighted by Gasteiger charge is -1.90. The standard InChI is InChI=1S/C14H21Br/c1-2-3-4-5-6-7-8-9-10-11-12-13-14-15/h2-6,11-14H2,1H3. The first-order valence-electron chi connectivity index (χ1n) is 5.93. The Balaban J connectivity index is 3.28. The van der Waals surface area contributed by atoms with Crippen molar-refractivity contribution >= 4 is 15.9 Å². The summed E-state index contributed by atoms with van der Waals surface area (Å²) >= 11 is 3.40. The first kappa shape index (κ1) is 14.6. The van der Waals surface area contributed by atoms with E-state index in [9.17, 15) is 0 Å². The molecular formula is C14H21Br. The molecule has 0 saturated heterocycles. The van der Waals surface area contributed by atoms with Gasteiger partial charge in [0.05, 0.1) is 0 Å². The zero-order valence-electron chi connectivity index (χ0n) is 9.74. The van der Waals surface area contributed by atoms with Crippen molar-refractivity contribution in [2.75, 3.05) is 5.33 Å². The molecular weight excluding hydrogens is 248 g/mol. The predicted octanol–water partition coefficient (Wildman–Crippen LogP) is 4.53. The van der Waals surface area contributed by atoms with Crippen LogP contribution in [0.1, 0.15) is 58.3 Å². The minimum atomic E-state index is 0.982. The average Bonchev–Trinajstić information content (AvgIpc) is 2.26. The Hall–Kier alpha value is -0.400. The Labute approximate surface area is 103 Å². The van der Waals surface area contributed by atoms with Crippen LogP contribution in [0.3, 0.4) is 0 Å². The molecule has 0 heterocycles. The van der Waals surface area contributed by atoms with Gasteiger partial charge in [-0.25, -0.2) is 0 Å². The van der Waals surface area contributed by atoms with E-state index in [2.05, 4.69) is 46.5 Å². The van der Waals surface area contributed by atoms with Crippen LogP contribution in [0.25, 0.3) is 0 Å². The van der Waals surface area contributed by atoms with Crippen LogP contribution in [0.2, 0.25) is 0 Å². The Morgan fingerprint density at radius 3 is 1.93 bits per heavy atom. The van der Waals surface area contributed by atoms with Crippen molar-refractivity contribution in [3.8, 4) is 23.7 Å². The van der Waals surface area contributed by atoms with Crippen LogP contribution in [-0.2, 0) is 0 Å². The molecule has 0 aromatic heterocycles. The molecule has 0 aromatic rings. The van der Waals surface area contributed by atoms with E-state index < -0.39 is 0 Å². The van der Waals surface area contributed by atoms with Gasteiger partial charge in [0.15, 0.2) is 0 Å². The summed E-state index contributed by atoms with van der Waals surface area (Å²) in [5.41, 5.74) is 0. The second-order valence-electron chi connectivity index (χ2n) is 3.56. The summed E-state index contributed by atoms with van der Waals surface area (Å²) in [4.78, 5) is 0. The lowest BCUT2D eigenvalue weighted by Crippen LogP contribution is -1.74. The third-order valence-electron chi connectivity index (χ3n) is 2.08. The van der Waals surface area contributed by atoms with Crippen LogP contribution in [0.15, 0.2) is 0 Å². The summed E-state index contributed by atoms with van der Waals surface area (Å²) in [6.07, 6.45) is 9.54. The van der Waals surface area contributed by atoms with Crippen molar-refractivity contribution in [3.05, 3.63) is 0 Å². The molecule has 0 N–H and O–H groups in total. The van der Waals surface area contributed by atoms with E-state index in [1.807, 2.05) is 0 Å². The van der Waals surface area contributed by atoms with Gasteiger partial charge < -0.3 is 0 Å². The van der Waals surface area contributed by atoms with Gasteiger partial charge in [-0.1, -0.05) is 54.0 Å². The van der Waals surface area contributed by atoms with Crippen LogP contribution in [-0.4, -0.2) is 5.33 Å². The maximum atomic E-state index is 3.40. The molecule has 0 aliphatic heterocycles. The van der Waals surface area contributed by atoms with Crippen molar-refractivity contribution in [1.29, 1.82) is 0 Å². The number of halogens is 1. The zero-order chi connectivity index (χ0) is 11.2. The molecule has 84 valence electrons. The van der Waals surface area contributed by atoms with E-state index in [1.54, 1.807) is 0 Å². The molecule has 0 saturated carbocycles. The fourth-order valence-corrected chi connectivity index (χ4v) is 1.56. The van der Waals surface area contributed by atoms with E-state index >= 15 is 0 Å². The molecule has 0 aliphatic rings. The highest BCUT2D eigenvalue weighted by molar-refractivity contribution is 9.09. The molecule has 0 spiro atoms. The Morgan fingerprint density at radius 2 is 1.40 bits per heavy atom. The Bertz CT molecular complexity index is 234. The van der Waals surface area contributed by atoms with Crippen LogP contribution < -0.4 is 0 Å². The van der Waals surface area contributed by atoms with Crippen LogP contribution >= 0.6 is 15.9 Å². The van der Waals surface area contributed by atoms with E-state index in [4.69, 9.17) is 0 Å². The second kappa shape index (κ2) is 13.6. The third kappa shape index (κ3) is 13.6. The third-order valence-corrected chi connectivity index (χ3v) is 2.64. The molecule has 15 heavy (non-hydrogen) atoms. The average molecular weight is 269 g/mol. The highest BCUT2D eigenvalue weighted by Crippen LogP contribution is 2.00. The van der Waals surface area contributed by atoms with E-state index in [0.29, 0.717) is 0 Å². The molecule has 0 rings (SSSR count). The molecule has 0 atom stereocenters. The summed E-state index contributed by atoms with van der Waals surface area (Å²) in [5, 5.41) is 1.08. The van der Waals surface area contributed by atoms with Gasteiger partial charge in [-0.15, -0.1) is 0 Å². The summed E-state index contributed by atoms with van der Waals surface area (Å²) < 4.78 is 0. The minimum Gasteiger partial charge on any atom is -0.0928 e. The SMILES string of the molecule is CCCCCCC#CC#CCCCCBr. The molecule has 0 aromatic carbocycles. The van der Waals surface area contributed by atoms with Gasteiger partial charge in [0.1, 0.15) is 0 Å². The number of rotatable bonds is 7. The number of unbranched alkanes of at least 4 members (excludes halogenated alkanes) is 6. The minimum absolute atomic E-state index is 0.982. The van der Waals surface area contributed by atoms with Gasteiger partial charge in [0.25, 0.3) is 0 Å². The van der Waals surface area contributed by atoms with Gasteiger partial charge in [-0.2, -0.15) is 0 Å². The zero-order valence-corrected chi connectivity index (χ0v) is 11.3.